The Morgan fingerprint density at radius 3 is 2.62 bits per heavy atom. The van der Waals surface area contributed by atoms with Crippen LogP contribution >= 0.6 is 35.0 Å². The van der Waals surface area contributed by atoms with E-state index in [1.165, 1.54) is 11.1 Å². The van der Waals surface area contributed by atoms with Gasteiger partial charge in [0.25, 0.3) is 0 Å². The third-order valence-electron chi connectivity index (χ3n) is 4.91. The molecule has 0 atom stereocenters. The second kappa shape index (κ2) is 11.4. The van der Waals surface area contributed by atoms with Crippen molar-refractivity contribution in [3.63, 3.8) is 0 Å². The lowest BCUT2D eigenvalue weighted by Crippen LogP contribution is -1.99. The average molecular weight is 513 g/mol. The summed E-state index contributed by atoms with van der Waals surface area (Å²) in [5, 5.41) is 14.5. The maximum absolute atomic E-state index is 6.23. The maximum atomic E-state index is 6.23. The average Bonchev–Trinajstić information content (AvgIpc) is 3.29. The van der Waals surface area contributed by atoms with Crippen LogP contribution in [-0.4, -0.2) is 28.2 Å². The highest BCUT2D eigenvalue weighted by Gasteiger charge is 2.09. The zero-order valence-corrected chi connectivity index (χ0v) is 20.9. The number of aromatic nitrogens is 3. The van der Waals surface area contributed by atoms with E-state index in [-0.39, 0.29) is 0 Å². The van der Waals surface area contributed by atoms with Gasteiger partial charge in [-0.1, -0.05) is 70.9 Å². The van der Waals surface area contributed by atoms with Gasteiger partial charge < -0.3 is 9.47 Å². The predicted molar refractivity (Wildman–Crippen MR) is 138 cm³/mol. The molecule has 0 spiro atoms. The minimum atomic E-state index is 0.294. The van der Waals surface area contributed by atoms with E-state index < -0.39 is 0 Å². The summed E-state index contributed by atoms with van der Waals surface area (Å²) in [6.07, 6.45) is 3.31. The summed E-state index contributed by atoms with van der Waals surface area (Å²) in [7, 11) is 1.60. The SMILES string of the molecule is COc1cc(/C=N/n2cnnc2SCc2ccc(C)cc2)ccc1OCc1ccc(Cl)cc1Cl. The first kappa shape index (κ1) is 24.1. The fraction of sp³-hybridized carbons (Fsp3) is 0.160. The Morgan fingerprint density at radius 2 is 1.85 bits per heavy atom. The number of benzene rings is 3. The van der Waals surface area contributed by atoms with Crippen molar-refractivity contribution in [3.8, 4) is 11.5 Å². The van der Waals surface area contributed by atoms with Crippen LogP contribution in [0.4, 0.5) is 0 Å². The summed E-state index contributed by atoms with van der Waals surface area (Å²) in [4.78, 5) is 0. The molecule has 0 fully saturated rings. The molecule has 0 bridgehead atoms. The summed E-state index contributed by atoms with van der Waals surface area (Å²) in [6, 6.07) is 19.3. The van der Waals surface area contributed by atoms with Crippen molar-refractivity contribution in [2.24, 2.45) is 5.10 Å². The van der Waals surface area contributed by atoms with Crippen LogP contribution in [0.25, 0.3) is 0 Å². The van der Waals surface area contributed by atoms with Crippen LogP contribution in [0.3, 0.4) is 0 Å². The first-order valence-corrected chi connectivity index (χ1v) is 12.1. The van der Waals surface area contributed by atoms with E-state index in [0.717, 1.165) is 16.9 Å². The van der Waals surface area contributed by atoms with Crippen LogP contribution in [0.1, 0.15) is 22.3 Å². The van der Waals surface area contributed by atoms with Gasteiger partial charge in [0.05, 0.1) is 13.3 Å². The van der Waals surface area contributed by atoms with Crippen LogP contribution in [-0.2, 0) is 12.4 Å². The van der Waals surface area contributed by atoms with Crippen molar-refractivity contribution < 1.29 is 9.47 Å². The lowest BCUT2D eigenvalue weighted by molar-refractivity contribution is 0.284. The van der Waals surface area contributed by atoms with Gasteiger partial charge >= 0.3 is 0 Å². The first-order valence-electron chi connectivity index (χ1n) is 10.4. The molecule has 0 amide bonds. The molecule has 6 nitrogen and oxygen atoms in total. The second-order valence-electron chi connectivity index (χ2n) is 7.41. The zero-order chi connectivity index (χ0) is 23.9. The Kier molecular flexibility index (Phi) is 8.11. The van der Waals surface area contributed by atoms with Crippen molar-refractivity contribution in [3.05, 3.63) is 99.3 Å². The number of aryl methyl sites for hydroxylation is 1. The Labute approximate surface area is 212 Å². The van der Waals surface area contributed by atoms with E-state index in [0.29, 0.717) is 33.3 Å². The van der Waals surface area contributed by atoms with Crippen LogP contribution in [0.15, 0.2) is 77.2 Å². The number of nitrogens with zero attached hydrogens (tertiary/aromatic N) is 4. The minimum Gasteiger partial charge on any atom is -0.493 e. The van der Waals surface area contributed by atoms with E-state index >= 15 is 0 Å². The van der Waals surface area contributed by atoms with Crippen molar-refractivity contribution in [1.29, 1.82) is 0 Å². The lowest BCUT2D eigenvalue weighted by Gasteiger charge is -2.12. The van der Waals surface area contributed by atoms with Crippen molar-refractivity contribution >= 4 is 41.2 Å². The number of hydrogen-bond donors (Lipinski definition) is 0. The third kappa shape index (κ3) is 6.32. The normalized spacial score (nSPS) is 11.2. The van der Waals surface area contributed by atoms with Crippen LogP contribution in [0.2, 0.25) is 10.0 Å². The molecule has 0 unspecified atom stereocenters. The number of thioether (sulfide) groups is 1. The molecule has 4 rings (SSSR count). The molecule has 0 aliphatic rings. The van der Waals surface area contributed by atoms with Gasteiger partial charge in [-0.05, 0) is 48.4 Å². The molecule has 4 aromatic rings. The van der Waals surface area contributed by atoms with E-state index in [9.17, 15) is 0 Å². The molecule has 9 heteroatoms. The highest BCUT2D eigenvalue weighted by Crippen LogP contribution is 2.30. The van der Waals surface area contributed by atoms with E-state index in [2.05, 4.69) is 46.5 Å². The fourth-order valence-electron chi connectivity index (χ4n) is 3.03. The summed E-state index contributed by atoms with van der Waals surface area (Å²) < 4.78 is 13.1. The van der Waals surface area contributed by atoms with Gasteiger partial charge in [0.1, 0.15) is 12.9 Å². The van der Waals surface area contributed by atoms with Crippen LogP contribution in [0.5, 0.6) is 11.5 Å². The Bertz CT molecular complexity index is 1290. The largest absolute Gasteiger partial charge is 0.493 e. The highest BCUT2D eigenvalue weighted by molar-refractivity contribution is 7.98. The van der Waals surface area contributed by atoms with E-state index in [1.54, 1.807) is 48.2 Å². The summed E-state index contributed by atoms with van der Waals surface area (Å²) in [5.41, 5.74) is 4.13. The molecular formula is C25H22Cl2N4O2S. The Morgan fingerprint density at radius 1 is 1.03 bits per heavy atom. The molecule has 0 saturated carbocycles. The fourth-order valence-corrected chi connectivity index (χ4v) is 4.32. The molecule has 174 valence electrons. The molecule has 0 aliphatic heterocycles. The van der Waals surface area contributed by atoms with Gasteiger partial charge in [0.2, 0.25) is 5.16 Å². The molecule has 1 aromatic heterocycles. The molecule has 3 aromatic carbocycles. The zero-order valence-electron chi connectivity index (χ0n) is 18.6. The smallest absolute Gasteiger partial charge is 0.212 e. The first-order chi connectivity index (χ1) is 16.5. The number of rotatable bonds is 9. The van der Waals surface area contributed by atoms with Crippen molar-refractivity contribution in [2.75, 3.05) is 7.11 Å². The number of halogens is 2. The number of ether oxygens (including phenoxy) is 2. The quantitative estimate of drug-likeness (QED) is 0.185. The Hall–Kier alpha value is -3.00. The van der Waals surface area contributed by atoms with Gasteiger partial charge in [-0.3, -0.25) is 0 Å². The number of hydrogen-bond acceptors (Lipinski definition) is 6. The number of methoxy groups -OCH3 is 1. The summed E-state index contributed by atoms with van der Waals surface area (Å²) in [6.45, 7) is 2.37. The molecular weight excluding hydrogens is 491 g/mol. The molecule has 0 radical (unpaired) electrons. The van der Waals surface area contributed by atoms with Crippen LogP contribution in [0, 0.1) is 6.92 Å². The van der Waals surface area contributed by atoms with Crippen molar-refractivity contribution in [2.45, 2.75) is 24.4 Å². The molecule has 0 aliphatic carbocycles. The van der Waals surface area contributed by atoms with E-state index in [1.807, 2.05) is 24.3 Å². The topological polar surface area (TPSA) is 61.5 Å². The monoisotopic (exact) mass is 512 g/mol. The minimum absolute atomic E-state index is 0.294. The predicted octanol–water partition coefficient (Wildman–Crippen LogP) is 6.66. The van der Waals surface area contributed by atoms with Gasteiger partial charge in [-0.25, -0.2) is 0 Å². The molecule has 34 heavy (non-hydrogen) atoms. The molecule has 0 N–H and O–H groups in total. The van der Waals surface area contributed by atoms with Gasteiger partial charge in [0.15, 0.2) is 11.5 Å². The summed E-state index contributed by atoms with van der Waals surface area (Å²) >= 11 is 13.8. The van der Waals surface area contributed by atoms with E-state index in [4.69, 9.17) is 32.7 Å². The van der Waals surface area contributed by atoms with Gasteiger partial charge in [0, 0.05) is 21.4 Å². The van der Waals surface area contributed by atoms with Gasteiger partial charge in [-0.15, -0.1) is 10.2 Å². The van der Waals surface area contributed by atoms with Gasteiger partial charge in [-0.2, -0.15) is 9.78 Å². The summed E-state index contributed by atoms with van der Waals surface area (Å²) in [5.74, 6) is 1.97. The third-order valence-corrected chi connectivity index (χ3v) is 6.50. The van der Waals surface area contributed by atoms with Crippen LogP contribution < -0.4 is 9.47 Å². The second-order valence-corrected chi connectivity index (χ2v) is 9.20. The standard InChI is InChI=1S/C25H22Cl2N4O2S/c1-17-3-5-18(6-4-17)15-34-25-30-28-16-31(25)29-13-19-7-10-23(24(11-19)32-2)33-14-20-8-9-21(26)12-22(20)27/h3-13,16H,14-15H2,1-2H3/b29-13+. The molecule has 1 heterocycles. The maximum Gasteiger partial charge on any atom is 0.212 e. The lowest BCUT2D eigenvalue weighted by atomic mass is 10.2. The Balaban J connectivity index is 1.41. The van der Waals surface area contributed by atoms with Crippen molar-refractivity contribution in [1.82, 2.24) is 14.9 Å². The highest BCUT2D eigenvalue weighted by atomic mass is 35.5. The molecule has 0 saturated heterocycles.